The maximum Gasteiger partial charge on any atom is 0.260 e. The van der Waals surface area contributed by atoms with Crippen molar-refractivity contribution in [3.05, 3.63) is 72.8 Å². The minimum Gasteiger partial charge on any atom is -0.497 e. The second-order valence-electron chi connectivity index (χ2n) is 8.55. The second-order valence-corrected chi connectivity index (χ2v) is 8.55. The van der Waals surface area contributed by atoms with E-state index in [1.165, 1.54) is 6.42 Å². The molecule has 0 atom stereocenters. The molecule has 1 N–H and O–H groups in total. The van der Waals surface area contributed by atoms with Gasteiger partial charge in [-0.1, -0.05) is 24.3 Å². The Labute approximate surface area is 204 Å². The number of carbonyl (C=O) groups is 1. The number of rotatable bonds is 7. The van der Waals surface area contributed by atoms with Gasteiger partial charge < -0.3 is 19.7 Å². The maximum absolute atomic E-state index is 12.4. The number of amides is 1. The van der Waals surface area contributed by atoms with Crippen LogP contribution in [-0.4, -0.2) is 47.8 Å². The van der Waals surface area contributed by atoms with Crippen LogP contribution in [0.1, 0.15) is 19.3 Å². The zero-order chi connectivity index (χ0) is 24.0. The van der Waals surface area contributed by atoms with Crippen LogP contribution in [0.3, 0.4) is 0 Å². The van der Waals surface area contributed by atoms with Crippen LogP contribution >= 0.6 is 0 Å². The normalized spacial score (nSPS) is 13.5. The number of hydrogen-bond acceptors (Lipinski definition) is 6. The Morgan fingerprint density at radius 2 is 1.54 bits per heavy atom. The molecular weight excluding hydrogens is 440 g/mol. The minimum absolute atomic E-state index is 0.0468. The number of benzene rings is 3. The van der Waals surface area contributed by atoms with Crippen molar-refractivity contribution in [2.45, 2.75) is 19.3 Å². The highest BCUT2D eigenvalue weighted by atomic mass is 16.5. The minimum atomic E-state index is 0.0468. The van der Waals surface area contributed by atoms with Crippen LogP contribution in [0.2, 0.25) is 0 Å². The Morgan fingerprint density at radius 3 is 2.26 bits per heavy atom. The van der Waals surface area contributed by atoms with E-state index in [4.69, 9.17) is 9.47 Å². The first-order valence-corrected chi connectivity index (χ1v) is 11.9. The van der Waals surface area contributed by atoms with Crippen molar-refractivity contribution in [1.29, 1.82) is 0 Å². The van der Waals surface area contributed by atoms with E-state index in [0.717, 1.165) is 59.4 Å². The summed E-state index contributed by atoms with van der Waals surface area (Å²) in [4.78, 5) is 14.3. The summed E-state index contributed by atoms with van der Waals surface area (Å²) >= 11 is 0. The van der Waals surface area contributed by atoms with Gasteiger partial charge in [-0.15, -0.1) is 10.2 Å². The standard InChI is InChI=1S/C28H28N4O3/c1-34-22-15-11-21(12-16-22)29-28-25-8-4-3-7-24(25)27(30-31-28)20-9-13-23(14-10-20)35-19-26(33)32-17-5-2-6-18-32/h3-4,7-16H,2,5-6,17-19H2,1H3,(H,29,31). The number of nitrogens with zero attached hydrogens (tertiary/aromatic N) is 3. The number of likely N-dealkylation sites (tertiary alicyclic amines) is 1. The van der Waals surface area contributed by atoms with Gasteiger partial charge in [-0.05, 0) is 67.8 Å². The van der Waals surface area contributed by atoms with Crippen LogP contribution in [0.25, 0.3) is 22.0 Å². The molecule has 3 aromatic carbocycles. The first-order valence-electron chi connectivity index (χ1n) is 11.9. The highest BCUT2D eigenvalue weighted by molar-refractivity contribution is 6.00. The summed E-state index contributed by atoms with van der Waals surface area (Å²) in [5.74, 6) is 2.19. The summed E-state index contributed by atoms with van der Waals surface area (Å²) in [6.07, 6.45) is 3.34. The number of methoxy groups -OCH3 is 1. The van der Waals surface area contributed by atoms with Gasteiger partial charge in [0.1, 0.15) is 17.2 Å². The zero-order valence-corrected chi connectivity index (χ0v) is 19.7. The average Bonchev–Trinajstić information content (AvgIpc) is 2.93. The van der Waals surface area contributed by atoms with Crippen LogP contribution in [0.4, 0.5) is 11.5 Å². The van der Waals surface area contributed by atoms with Crippen molar-refractivity contribution in [3.8, 4) is 22.8 Å². The van der Waals surface area contributed by atoms with Gasteiger partial charge in [-0.2, -0.15) is 0 Å². The van der Waals surface area contributed by atoms with Crippen LogP contribution in [0.15, 0.2) is 72.8 Å². The summed E-state index contributed by atoms with van der Waals surface area (Å²) in [6.45, 7) is 1.72. The van der Waals surface area contributed by atoms with E-state index in [9.17, 15) is 4.79 Å². The van der Waals surface area contributed by atoms with Gasteiger partial charge >= 0.3 is 0 Å². The summed E-state index contributed by atoms with van der Waals surface area (Å²) in [5.41, 5.74) is 2.62. The van der Waals surface area contributed by atoms with Gasteiger partial charge in [0.25, 0.3) is 5.91 Å². The molecule has 2 heterocycles. The van der Waals surface area contributed by atoms with E-state index in [1.807, 2.05) is 77.7 Å². The number of hydrogen-bond donors (Lipinski definition) is 1. The Balaban J connectivity index is 1.33. The van der Waals surface area contributed by atoms with Crippen LogP contribution in [0.5, 0.6) is 11.5 Å². The number of nitrogens with one attached hydrogen (secondary N) is 1. The molecule has 178 valence electrons. The van der Waals surface area contributed by atoms with Gasteiger partial charge in [0.15, 0.2) is 12.4 Å². The molecule has 1 amide bonds. The Bertz CT molecular complexity index is 1300. The third kappa shape index (κ3) is 5.19. The van der Waals surface area contributed by atoms with E-state index in [1.54, 1.807) is 7.11 Å². The largest absolute Gasteiger partial charge is 0.497 e. The molecule has 0 spiro atoms. The van der Waals surface area contributed by atoms with Gasteiger partial charge in [-0.25, -0.2) is 0 Å². The molecule has 7 nitrogen and oxygen atoms in total. The fourth-order valence-electron chi connectivity index (χ4n) is 4.31. The van der Waals surface area contributed by atoms with Crippen LogP contribution < -0.4 is 14.8 Å². The SMILES string of the molecule is COc1ccc(Nc2nnc(-c3ccc(OCC(=O)N4CCCCC4)cc3)c3ccccc23)cc1. The molecule has 0 aliphatic carbocycles. The van der Waals surface area contributed by atoms with Crippen molar-refractivity contribution in [2.75, 3.05) is 32.1 Å². The first kappa shape index (κ1) is 22.7. The zero-order valence-electron chi connectivity index (χ0n) is 19.7. The van der Waals surface area contributed by atoms with E-state index < -0.39 is 0 Å². The lowest BCUT2D eigenvalue weighted by Crippen LogP contribution is -2.38. The molecule has 1 aliphatic heterocycles. The molecule has 0 unspecified atom stereocenters. The number of piperidine rings is 1. The third-order valence-electron chi connectivity index (χ3n) is 6.24. The lowest BCUT2D eigenvalue weighted by molar-refractivity contribution is -0.134. The molecule has 0 bridgehead atoms. The topological polar surface area (TPSA) is 76.6 Å². The molecule has 0 radical (unpaired) electrons. The molecule has 1 aromatic heterocycles. The van der Waals surface area contributed by atoms with Gasteiger partial charge in [-0.3, -0.25) is 4.79 Å². The predicted molar refractivity (Wildman–Crippen MR) is 137 cm³/mol. The van der Waals surface area contributed by atoms with E-state index in [-0.39, 0.29) is 12.5 Å². The molecule has 4 aromatic rings. The quantitative estimate of drug-likeness (QED) is 0.389. The van der Waals surface area contributed by atoms with Crippen molar-refractivity contribution in [1.82, 2.24) is 15.1 Å². The molecule has 1 fully saturated rings. The van der Waals surface area contributed by atoms with E-state index in [2.05, 4.69) is 15.5 Å². The van der Waals surface area contributed by atoms with Gasteiger partial charge in [0.05, 0.1) is 7.11 Å². The fourth-order valence-corrected chi connectivity index (χ4v) is 4.31. The average molecular weight is 469 g/mol. The Morgan fingerprint density at radius 1 is 0.857 bits per heavy atom. The van der Waals surface area contributed by atoms with Gasteiger partial charge in [0.2, 0.25) is 0 Å². The summed E-state index contributed by atoms with van der Waals surface area (Å²) in [7, 11) is 1.65. The van der Waals surface area contributed by atoms with E-state index in [0.29, 0.717) is 11.6 Å². The van der Waals surface area contributed by atoms with Crippen molar-refractivity contribution < 1.29 is 14.3 Å². The third-order valence-corrected chi connectivity index (χ3v) is 6.24. The molecular formula is C28H28N4O3. The molecule has 5 rings (SSSR count). The fraction of sp³-hybridized carbons (Fsp3) is 0.250. The summed E-state index contributed by atoms with van der Waals surface area (Å²) in [5, 5.41) is 14.3. The van der Waals surface area contributed by atoms with Crippen molar-refractivity contribution in [2.24, 2.45) is 0 Å². The lowest BCUT2D eigenvalue weighted by Gasteiger charge is -2.26. The van der Waals surface area contributed by atoms with Crippen LogP contribution in [0, 0.1) is 0 Å². The molecule has 7 heteroatoms. The van der Waals surface area contributed by atoms with E-state index >= 15 is 0 Å². The van der Waals surface area contributed by atoms with Crippen LogP contribution in [-0.2, 0) is 4.79 Å². The Hall–Kier alpha value is -4.13. The monoisotopic (exact) mass is 468 g/mol. The molecule has 1 aliphatic rings. The summed E-state index contributed by atoms with van der Waals surface area (Å²) in [6, 6.07) is 23.4. The van der Waals surface area contributed by atoms with Crippen molar-refractivity contribution in [3.63, 3.8) is 0 Å². The Kier molecular flexibility index (Phi) is 6.75. The number of carbonyl (C=O) groups excluding carboxylic acids is 1. The lowest BCUT2D eigenvalue weighted by atomic mass is 10.0. The number of fused-ring (bicyclic) bond motifs is 1. The molecule has 35 heavy (non-hydrogen) atoms. The first-order chi connectivity index (χ1) is 17.2. The van der Waals surface area contributed by atoms with Gasteiger partial charge in [0, 0.05) is 35.1 Å². The predicted octanol–water partition coefficient (Wildman–Crippen LogP) is 5.44. The number of anilines is 2. The highest BCUT2D eigenvalue weighted by Gasteiger charge is 2.17. The number of ether oxygens (including phenoxy) is 2. The van der Waals surface area contributed by atoms with Crippen molar-refractivity contribution >= 4 is 28.2 Å². The molecule has 1 saturated heterocycles. The molecule has 0 saturated carbocycles. The highest BCUT2D eigenvalue weighted by Crippen LogP contribution is 2.32. The maximum atomic E-state index is 12.4. The number of aromatic nitrogens is 2. The summed E-state index contributed by atoms with van der Waals surface area (Å²) < 4.78 is 11.0. The smallest absolute Gasteiger partial charge is 0.260 e. The second kappa shape index (κ2) is 10.4.